The van der Waals surface area contributed by atoms with E-state index in [-0.39, 0.29) is 11.4 Å². The molecule has 0 saturated carbocycles. The quantitative estimate of drug-likeness (QED) is 0.688. The van der Waals surface area contributed by atoms with E-state index in [1.54, 1.807) is 36.9 Å². The summed E-state index contributed by atoms with van der Waals surface area (Å²) in [6.07, 6.45) is 8.77. The molecule has 3 rings (SSSR count). The standard InChI is InChI=1S/C11H12N4O.C6H4BrF/c1-2-15-6-10(11(16)14-8-15)3-9-4-12-7-13-5-9;7-5-3-1-2-4-6(5)8/h4-8H,2-3H2,1H3;1-4H. The molecule has 0 aliphatic carbocycles. The van der Waals surface area contributed by atoms with E-state index in [0.29, 0.717) is 16.5 Å². The maximum absolute atomic E-state index is 12.3. The van der Waals surface area contributed by atoms with Crippen molar-refractivity contribution < 1.29 is 4.39 Å². The highest BCUT2D eigenvalue weighted by Crippen LogP contribution is 2.12. The lowest BCUT2D eigenvalue weighted by atomic mass is 10.1. The maximum Gasteiger partial charge on any atom is 0.276 e. The molecule has 2 aromatic heterocycles. The van der Waals surface area contributed by atoms with Gasteiger partial charge in [-0.2, -0.15) is 4.98 Å². The van der Waals surface area contributed by atoms with Crippen LogP contribution in [0.15, 0.2) is 64.8 Å². The van der Waals surface area contributed by atoms with Crippen LogP contribution in [0.2, 0.25) is 0 Å². The number of rotatable bonds is 3. The molecule has 0 saturated heterocycles. The fourth-order valence-electron chi connectivity index (χ4n) is 1.87. The van der Waals surface area contributed by atoms with Crippen molar-refractivity contribution in [1.29, 1.82) is 0 Å². The van der Waals surface area contributed by atoms with Crippen molar-refractivity contribution in [2.75, 3.05) is 0 Å². The van der Waals surface area contributed by atoms with Crippen LogP contribution in [-0.4, -0.2) is 19.5 Å². The van der Waals surface area contributed by atoms with Crippen LogP contribution in [0.25, 0.3) is 0 Å². The van der Waals surface area contributed by atoms with Crippen molar-refractivity contribution in [3.8, 4) is 0 Å². The fraction of sp³-hybridized carbons (Fsp3) is 0.176. The number of benzene rings is 1. The molecule has 1 aromatic carbocycles. The van der Waals surface area contributed by atoms with Gasteiger partial charge in [-0.1, -0.05) is 12.1 Å². The first-order valence-electron chi connectivity index (χ1n) is 7.29. The van der Waals surface area contributed by atoms with E-state index < -0.39 is 0 Å². The van der Waals surface area contributed by atoms with Crippen LogP contribution >= 0.6 is 15.9 Å². The Kier molecular flexibility index (Phi) is 6.74. The average Bonchev–Trinajstić information content (AvgIpc) is 2.61. The smallest absolute Gasteiger partial charge is 0.276 e. The molecule has 3 aromatic rings. The van der Waals surface area contributed by atoms with E-state index in [2.05, 4.69) is 30.9 Å². The summed E-state index contributed by atoms with van der Waals surface area (Å²) < 4.78 is 14.7. The Morgan fingerprint density at radius 2 is 1.92 bits per heavy atom. The van der Waals surface area contributed by atoms with Crippen LogP contribution in [0.5, 0.6) is 0 Å². The molecule has 2 heterocycles. The lowest BCUT2D eigenvalue weighted by Gasteiger charge is -2.04. The normalized spacial score (nSPS) is 9.96. The molecular weight excluding hydrogens is 375 g/mol. The minimum absolute atomic E-state index is 0.187. The highest BCUT2D eigenvalue weighted by Gasteiger charge is 2.03. The zero-order chi connectivity index (χ0) is 17.4. The minimum atomic E-state index is -0.215. The molecule has 0 aliphatic rings. The van der Waals surface area contributed by atoms with Gasteiger partial charge in [0.05, 0.1) is 10.8 Å². The van der Waals surface area contributed by atoms with E-state index in [4.69, 9.17) is 0 Å². The lowest BCUT2D eigenvalue weighted by molar-refractivity contribution is 0.621. The van der Waals surface area contributed by atoms with Gasteiger partial charge in [0.2, 0.25) is 0 Å². The predicted molar refractivity (Wildman–Crippen MR) is 93.1 cm³/mol. The monoisotopic (exact) mass is 390 g/mol. The minimum Gasteiger partial charge on any atom is -0.339 e. The number of nitrogens with zero attached hydrogens (tertiary/aromatic N) is 4. The van der Waals surface area contributed by atoms with Gasteiger partial charge in [0, 0.05) is 37.1 Å². The number of hydrogen-bond acceptors (Lipinski definition) is 4. The van der Waals surface area contributed by atoms with Gasteiger partial charge in [-0.25, -0.2) is 14.4 Å². The van der Waals surface area contributed by atoms with Gasteiger partial charge < -0.3 is 4.57 Å². The van der Waals surface area contributed by atoms with Crippen molar-refractivity contribution >= 4 is 15.9 Å². The first kappa shape index (κ1) is 17.9. The van der Waals surface area contributed by atoms with Crippen molar-refractivity contribution in [3.05, 3.63) is 87.3 Å². The number of halogens is 2. The Morgan fingerprint density at radius 1 is 1.21 bits per heavy atom. The Bertz CT molecular complexity index is 818. The Labute approximate surface area is 147 Å². The summed E-state index contributed by atoms with van der Waals surface area (Å²) in [7, 11) is 0. The SMILES string of the molecule is CCn1cnc(=O)c(Cc2cncnc2)c1.Fc1ccccc1Br. The van der Waals surface area contributed by atoms with Gasteiger partial charge in [-0.05, 0) is 40.5 Å². The third kappa shape index (κ3) is 5.34. The number of hydrogen-bond donors (Lipinski definition) is 0. The van der Waals surface area contributed by atoms with Gasteiger partial charge in [0.15, 0.2) is 0 Å². The van der Waals surface area contributed by atoms with Crippen molar-refractivity contribution in [3.63, 3.8) is 0 Å². The molecule has 0 radical (unpaired) electrons. The largest absolute Gasteiger partial charge is 0.339 e. The van der Waals surface area contributed by atoms with Gasteiger partial charge in [0.25, 0.3) is 5.56 Å². The van der Waals surface area contributed by atoms with Crippen LogP contribution in [0.1, 0.15) is 18.1 Å². The van der Waals surface area contributed by atoms with E-state index >= 15 is 0 Å². The third-order valence-electron chi connectivity index (χ3n) is 3.12. The molecule has 0 spiro atoms. The first-order valence-corrected chi connectivity index (χ1v) is 8.08. The van der Waals surface area contributed by atoms with Crippen LogP contribution in [0.3, 0.4) is 0 Å². The van der Waals surface area contributed by atoms with Crippen molar-refractivity contribution in [2.24, 2.45) is 0 Å². The molecule has 5 nitrogen and oxygen atoms in total. The van der Waals surface area contributed by atoms with Crippen molar-refractivity contribution in [2.45, 2.75) is 19.9 Å². The zero-order valence-electron chi connectivity index (χ0n) is 13.1. The Balaban J connectivity index is 0.000000219. The second-order valence-electron chi connectivity index (χ2n) is 4.87. The molecule has 0 unspecified atom stereocenters. The molecule has 0 N–H and O–H groups in total. The average molecular weight is 391 g/mol. The second-order valence-corrected chi connectivity index (χ2v) is 5.73. The molecule has 124 valence electrons. The topological polar surface area (TPSA) is 60.7 Å². The number of aromatic nitrogens is 4. The molecule has 24 heavy (non-hydrogen) atoms. The van der Waals surface area contributed by atoms with Gasteiger partial charge >= 0.3 is 0 Å². The number of aryl methyl sites for hydroxylation is 1. The Hall–Kier alpha value is -2.41. The summed E-state index contributed by atoms with van der Waals surface area (Å²) in [6, 6.07) is 6.49. The summed E-state index contributed by atoms with van der Waals surface area (Å²) in [5.74, 6) is -0.215. The molecule has 7 heteroatoms. The highest BCUT2D eigenvalue weighted by molar-refractivity contribution is 9.10. The van der Waals surface area contributed by atoms with Gasteiger partial charge in [0.1, 0.15) is 12.1 Å². The summed E-state index contributed by atoms with van der Waals surface area (Å²) >= 11 is 3.02. The lowest BCUT2D eigenvalue weighted by Crippen LogP contribution is -2.16. The highest BCUT2D eigenvalue weighted by atomic mass is 79.9. The van der Waals surface area contributed by atoms with E-state index in [9.17, 15) is 9.18 Å². The molecule has 0 bridgehead atoms. The predicted octanol–water partition coefficient (Wildman–Crippen LogP) is 3.23. The molecule has 0 amide bonds. The van der Waals surface area contributed by atoms with Crippen LogP contribution < -0.4 is 5.56 Å². The third-order valence-corrected chi connectivity index (χ3v) is 3.76. The Morgan fingerprint density at radius 3 is 2.50 bits per heavy atom. The van der Waals surface area contributed by atoms with Crippen LogP contribution in [-0.2, 0) is 13.0 Å². The van der Waals surface area contributed by atoms with E-state index in [0.717, 1.165) is 12.1 Å². The molecular formula is C17H16BrFN4O. The fourth-order valence-corrected chi connectivity index (χ4v) is 2.16. The molecule has 0 aliphatic heterocycles. The van der Waals surface area contributed by atoms with Crippen LogP contribution in [0, 0.1) is 5.82 Å². The van der Waals surface area contributed by atoms with E-state index in [1.165, 1.54) is 12.4 Å². The zero-order valence-corrected chi connectivity index (χ0v) is 14.6. The van der Waals surface area contributed by atoms with E-state index in [1.807, 2.05) is 17.7 Å². The summed E-state index contributed by atoms with van der Waals surface area (Å²) in [6.45, 7) is 2.80. The van der Waals surface area contributed by atoms with Crippen molar-refractivity contribution in [1.82, 2.24) is 19.5 Å². The summed E-state index contributed by atoms with van der Waals surface area (Å²) in [5, 5.41) is 0. The van der Waals surface area contributed by atoms with Gasteiger partial charge in [-0.15, -0.1) is 0 Å². The van der Waals surface area contributed by atoms with Gasteiger partial charge in [-0.3, -0.25) is 4.79 Å². The summed E-state index contributed by atoms with van der Waals surface area (Å²) in [4.78, 5) is 23.2. The summed E-state index contributed by atoms with van der Waals surface area (Å²) in [5.41, 5.74) is 1.39. The second kappa shape index (κ2) is 9.02. The molecule has 0 fully saturated rings. The maximum atomic E-state index is 12.3. The first-order chi connectivity index (χ1) is 11.6. The molecule has 0 atom stereocenters. The van der Waals surface area contributed by atoms with Crippen LogP contribution in [0.4, 0.5) is 4.39 Å².